The van der Waals surface area contributed by atoms with Crippen LogP contribution in [0.2, 0.25) is 0 Å². The second-order valence-corrected chi connectivity index (χ2v) is 6.25. The number of nitro benzene ring substituents is 1. The van der Waals surface area contributed by atoms with Crippen molar-refractivity contribution >= 4 is 28.9 Å². The molecule has 8 nitrogen and oxygen atoms in total. The Morgan fingerprint density at radius 2 is 1.89 bits per heavy atom. The standard InChI is InChI=1S/C19H20N4O4/c1-13(24)22-11-8-14-12-15(2-7-18(14)22)19(25)21-10-9-20-16-3-5-17(6-4-16)23(26)27/h2-7,12,20H,8-11H2,1H3,(H,21,25). The maximum atomic E-state index is 12.3. The molecule has 0 saturated heterocycles. The zero-order valence-corrected chi connectivity index (χ0v) is 14.9. The Kier molecular flexibility index (Phi) is 5.35. The lowest BCUT2D eigenvalue weighted by Gasteiger charge is -2.14. The number of fused-ring (bicyclic) bond motifs is 1. The van der Waals surface area contributed by atoms with Gasteiger partial charge in [0.2, 0.25) is 5.91 Å². The fourth-order valence-electron chi connectivity index (χ4n) is 3.06. The summed E-state index contributed by atoms with van der Waals surface area (Å²) in [7, 11) is 0. The molecule has 1 heterocycles. The van der Waals surface area contributed by atoms with Gasteiger partial charge in [-0.25, -0.2) is 0 Å². The van der Waals surface area contributed by atoms with Gasteiger partial charge >= 0.3 is 0 Å². The molecule has 1 aliphatic rings. The van der Waals surface area contributed by atoms with Gasteiger partial charge in [0.25, 0.3) is 11.6 Å². The van der Waals surface area contributed by atoms with Gasteiger partial charge < -0.3 is 15.5 Å². The number of rotatable bonds is 6. The highest BCUT2D eigenvalue weighted by molar-refractivity contribution is 5.97. The molecule has 27 heavy (non-hydrogen) atoms. The second kappa shape index (κ2) is 7.86. The molecule has 0 atom stereocenters. The summed E-state index contributed by atoms with van der Waals surface area (Å²) in [6.07, 6.45) is 0.748. The molecule has 3 rings (SSSR count). The maximum Gasteiger partial charge on any atom is 0.269 e. The lowest BCUT2D eigenvalue weighted by atomic mass is 10.1. The number of anilines is 2. The fraction of sp³-hybridized carbons (Fsp3) is 0.263. The van der Waals surface area contributed by atoms with Crippen molar-refractivity contribution < 1.29 is 14.5 Å². The van der Waals surface area contributed by atoms with Crippen LogP contribution in [0.15, 0.2) is 42.5 Å². The molecule has 2 N–H and O–H groups in total. The van der Waals surface area contributed by atoms with Crippen LogP contribution in [0, 0.1) is 10.1 Å². The normalized spacial score (nSPS) is 12.4. The van der Waals surface area contributed by atoms with Crippen LogP contribution in [0.1, 0.15) is 22.8 Å². The van der Waals surface area contributed by atoms with Gasteiger partial charge in [-0.15, -0.1) is 0 Å². The molecular weight excluding hydrogens is 348 g/mol. The van der Waals surface area contributed by atoms with Gasteiger partial charge in [-0.3, -0.25) is 19.7 Å². The summed E-state index contributed by atoms with van der Waals surface area (Å²) < 4.78 is 0. The van der Waals surface area contributed by atoms with Crippen molar-refractivity contribution in [3.63, 3.8) is 0 Å². The van der Waals surface area contributed by atoms with E-state index in [1.807, 2.05) is 12.1 Å². The van der Waals surface area contributed by atoms with Crippen LogP contribution in [0.5, 0.6) is 0 Å². The second-order valence-electron chi connectivity index (χ2n) is 6.25. The van der Waals surface area contributed by atoms with E-state index in [-0.39, 0.29) is 17.5 Å². The lowest BCUT2D eigenvalue weighted by molar-refractivity contribution is -0.384. The molecule has 8 heteroatoms. The summed E-state index contributed by atoms with van der Waals surface area (Å²) in [6.45, 7) is 3.08. The van der Waals surface area contributed by atoms with Crippen molar-refractivity contribution in [1.29, 1.82) is 0 Å². The number of carbonyl (C=O) groups excluding carboxylic acids is 2. The molecule has 0 radical (unpaired) electrons. The van der Waals surface area contributed by atoms with E-state index in [1.165, 1.54) is 19.1 Å². The Balaban J connectivity index is 1.50. The Morgan fingerprint density at radius 3 is 2.56 bits per heavy atom. The van der Waals surface area contributed by atoms with E-state index in [9.17, 15) is 19.7 Å². The fourth-order valence-corrected chi connectivity index (χ4v) is 3.06. The first kappa shape index (κ1) is 18.4. The Morgan fingerprint density at radius 1 is 1.15 bits per heavy atom. The molecule has 0 aliphatic carbocycles. The van der Waals surface area contributed by atoms with Gasteiger partial charge in [-0.1, -0.05) is 0 Å². The molecule has 0 unspecified atom stereocenters. The molecule has 1 aliphatic heterocycles. The van der Waals surface area contributed by atoms with Gasteiger partial charge in [0.05, 0.1) is 4.92 Å². The summed E-state index contributed by atoms with van der Waals surface area (Å²) in [4.78, 5) is 35.8. The van der Waals surface area contributed by atoms with Crippen LogP contribution in [0.3, 0.4) is 0 Å². The number of non-ortho nitro benzene ring substituents is 1. The van der Waals surface area contributed by atoms with Crippen molar-refractivity contribution in [1.82, 2.24) is 5.32 Å². The van der Waals surface area contributed by atoms with Crippen LogP contribution in [0.25, 0.3) is 0 Å². The van der Waals surface area contributed by atoms with Crippen molar-refractivity contribution in [2.75, 3.05) is 29.9 Å². The number of amides is 2. The zero-order chi connectivity index (χ0) is 19.4. The number of hydrogen-bond donors (Lipinski definition) is 2. The van der Waals surface area contributed by atoms with E-state index in [1.54, 1.807) is 23.1 Å². The summed E-state index contributed by atoms with van der Waals surface area (Å²) in [5.74, 6) is -0.173. The van der Waals surface area contributed by atoms with Crippen molar-refractivity contribution in [2.24, 2.45) is 0 Å². The Hall–Kier alpha value is -3.42. The van der Waals surface area contributed by atoms with Crippen LogP contribution in [0.4, 0.5) is 17.1 Å². The summed E-state index contributed by atoms with van der Waals surface area (Å²) in [5, 5.41) is 16.6. The number of hydrogen-bond acceptors (Lipinski definition) is 5. The third-order valence-corrected chi connectivity index (χ3v) is 4.44. The van der Waals surface area contributed by atoms with E-state index in [4.69, 9.17) is 0 Å². The molecule has 2 amide bonds. The highest BCUT2D eigenvalue weighted by Crippen LogP contribution is 2.28. The topological polar surface area (TPSA) is 105 Å². The summed E-state index contributed by atoms with van der Waals surface area (Å²) in [6, 6.07) is 11.5. The zero-order valence-electron chi connectivity index (χ0n) is 14.9. The van der Waals surface area contributed by atoms with Gasteiger partial charge in [0.1, 0.15) is 0 Å². The maximum absolute atomic E-state index is 12.3. The average molecular weight is 368 g/mol. The van der Waals surface area contributed by atoms with Gasteiger partial charge in [-0.2, -0.15) is 0 Å². The first-order chi connectivity index (χ1) is 13.0. The molecule has 140 valence electrons. The smallest absolute Gasteiger partial charge is 0.269 e. The predicted molar refractivity (Wildman–Crippen MR) is 102 cm³/mol. The third kappa shape index (κ3) is 4.22. The number of carbonyl (C=O) groups is 2. The first-order valence-electron chi connectivity index (χ1n) is 8.63. The molecule has 0 saturated carbocycles. The average Bonchev–Trinajstić information content (AvgIpc) is 3.09. The summed E-state index contributed by atoms with van der Waals surface area (Å²) in [5.41, 5.74) is 3.22. The monoisotopic (exact) mass is 368 g/mol. The van der Waals surface area contributed by atoms with Crippen LogP contribution < -0.4 is 15.5 Å². The van der Waals surface area contributed by atoms with Crippen LogP contribution >= 0.6 is 0 Å². The van der Waals surface area contributed by atoms with E-state index < -0.39 is 4.92 Å². The number of nitrogens with zero attached hydrogens (tertiary/aromatic N) is 2. The molecule has 0 aromatic heterocycles. The Bertz CT molecular complexity index is 880. The SMILES string of the molecule is CC(=O)N1CCc2cc(C(=O)NCCNc3ccc([N+](=O)[O-])cc3)ccc21. The van der Waals surface area contributed by atoms with Crippen molar-refractivity contribution in [2.45, 2.75) is 13.3 Å². The summed E-state index contributed by atoms with van der Waals surface area (Å²) >= 11 is 0. The quantitative estimate of drug-likeness (QED) is 0.463. The molecule has 0 spiro atoms. The number of benzene rings is 2. The van der Waals surface area contributed by atoms with Gasteiger partial charge in [-0.05, 0) is 42.3 Å². The van der Waals surface area contributed by atoms with Gasteiger partial charge in [0.15, 0.2) is 0 Å². The number of nitrogens with one attached hydrogen (secondary N) is 2. The molecule has 0 bridgehead atoms. The van der Waals surface area contributed by atoms with E-state index in [0.717, 1.165) is 23.4 Å². The minimum absolute atomic E-state index is 0.00303. The van der Waals surface area contributed by atoms with E-state index >= 15 is 0 Å². The Labute approximate surface area is 156 Å². The van der Waals surface area contributed by atoms with Crippen LogP contribution in [-0.4, -0.2) is 36.4 Å². The molecule has 2 aromatic carbocycles. The largest absolute Gasteiger partial charge is 0.383 e. The predicted octanol–water partition coefficient (Wildman–Crippen LogP) is 2.35. The van der Waals surface area contributed by atoms with E-state index in [0.29, 0.717) is 25.2 Å². The van der Waals surface area contributed by atoms with Gasteiger partial charge in [0, 0.05) is 55.6 Å². The highest BCUT2D eigenvalue weighted by atomic mass is 16.6. The molecule has 2 aromatic rings. The number of nitro groups is 1. The minimum atomic E-state index is -0.448. The minimum Gasteiger partial charge on any atom is -0.383 e. The van der Waals surface area contributed by atoms with E-state index in [2.05, 4.69) is 10.6 Å². The van der Waals surface area contributed by atoms with Crippen molar-refractivity contribution in [3.05, 3.63) is 63.7 Å². The molecular formula is C19H20N4O4. The highest BCUT2D eigenvalue weighted by Gasteiger charge is 2.23. The van der Waals surface area contributed by atoms with Crippen molar-refractivity contribution in [3.8, 4) is 0 Å². The molecule has 0 fully saturated rings. The lowest BCUT2D eigenvalue weighted by Crippen LogP contribution is -2.29. The first-order valence-corrected chi connectivity index (χ1v) is 8.63. The van der Waals surface area contributed by atoms with Crippen LogP contribution in [-0.2, 0) is 11.2 Å². The third-order valence-electron chi connectivity index (χ3n) is 4.44.